The minimum atomic E-state index is -4.60. The summed E-state index contributed by atoms with van der Waals surface area (Å²) in [5.41, 5.74) is -0.974. The predicted octanol–water partition coefficient (Wildman–Crippen LogP) is 4.48. The molecule has 26 heavy (non-hydrogen) atoms. The van der Waals surface area contributed by atoms with Crippen molar-refractivity contribution in [2.75, 3.05) is 11.9 Å². The van der Waals surface area contributed by atoms with E-state index < -0.39 is 28.6 Å². The van der Waals surface area contributed by atoms with Gasteiger partial charge in [-0.1, -0.05) is 30.9 Å². The van der Waals surface area contributed by atoms with Crippen molar-refractivity contribution < 1.29 is 22.8 Å². The highest BCUT2D eigenvalue weighted by Crippen LogP contribution is 2.36. The van der Waals surface area contributed by atoms with Crippen molar-refractivity contribution in [3.63, 3.8) is 0 Å². The number of carbonyl (C=O) groups excluding carboxylic acids is 2. The van der Waals surface area contributed by atoms with Crippen molar-refractivity contribution in [3.05, 3.63) is 28.8 Å². The van der Waals surface area contributed by atoms with Gasteiger partial charge in [-0.05, 0) is 31.0 Å². The van der Waals surface area contributed by atoms with Crippen LogP contribution in [0.4, 0.5) is 18.9 Å². The van der Waals surface area contributed by atoms with E-state index in [0.29, 0.717) is 6.54 Å². The van der Waals surface area contributed by atoms with Gasteiger partial charge in [0, 0.05) is 24.7 Å². The molecule has 1 saturated heterocycles. The summed E-state index contributed by atoms with van der Waals surface area (Å²) >= 11 is 5.58. The number of anilines is 1. The van der Waals surface area contributed by atoms with Crippen LogP contribution in [0.25, 0.3) is 0 Å². The number of nitrogens with one attached hydrogen (secondary N) is 1. The molecule has 2 fully saturated rings. The zero-order chi connectivity index (χ0) is 18.9. The number of halogens is 4. The fourth-order valence-electron chi connectivity index (χ4n) is 3.72. The maximum atomic E-state index is 12.9. The molecule has 1 aliphatic carbocycles. The Bertz CT molecular complexity index is 702. The highest BCUT2D eigenvalue weighted by molar-refractivity contribution is 6.31. The monoisotopic (exact) mass is 388 g/mol. The molecule has 8 heteroatoms. The van der Waals surface area contributed by atoms with Gasteiger partial charge in [0.25, 0.3) is 0 Å². The van der Waals surface area contributed by atoms with Crippen LogP contribution >= 0.6 is 11.6 Å². The fourth-order valence-corrected chi connectivity index (χ4v) is 3.94. The molecule has 142 valence electrons. The minimum absolute atomic E-state index is 0.0234. The number of carbonyl (C=O) groups is 2. The zero-order valence-electron chi connectivity index (χ0n) is 14.1. The normalized spacial score (nSPS) is 21.9. The van der Waals surface area contributed by atoms with Crippen LogP contribution in [0.1, 0.15) is 44.1 Å². The van der Waals surface area contributed by atoms with E-state index in [-0.39, 0.29) is 24.1 Å². The Morgan fingerprint density at radius 1 is 1.19 bits per heavy atom. The van der Waals surface area contributed by atoms with Gasteiger partial charge in [-0.15, -0.1) is 0 Å². The van der Waals surface area contributed by atoms with Crippen LogP contribution in [0.3, 0.4) is 0 Å². The maximum Gasteiger partial charge on any atom is 0.417 e. The molecule has 0 aromatic heterocycles. The van der Waals surface area contributed by atoms with E-state index in [1.165, 1.54) is 12.5 Å². The topological polar surface area (TPSA) is 49.4 Å². The van der Waals surface area contributed by atoms with E-state index in [9.17, 15) is 22.8 Å². The highest BCUT2D eigenvalue weighted by atomic mass is 35.5. The number of benzene rings is 1. The van der Waals surface area contributed by atoms with Gasteiger partial charge in [0.2, 0.25) is 11.8 Å². The summed E-state index contributed by atoms with van der Waals surface area (Å²) in [5.74, 6) is -1.04. The van der Waals surface area contributed by atoms with Gasteiger partial charge in [0.05, 0.1) is 16.5 Å². The first kappa shape index (κ1) is 19.0. The lowest BCUT2D eigenvalue weighted by molar-refractivity contribution is -0.137. The van der Waals surface area contributed by atoms with E-state index in [1.54, 1.807) is 4.90 Å². The Kier molecular flexibility index (Phi) is 5.46. The average molecular weight is 389 g/mol. The van der Waals surface area contributed by atoms with Gasteiger partial charge < -0.3 is 10.2 Å². The van der Waals surface area contributed by atoms with E-state index >= 15 is 0 Å². The SMILES string of the molecule is O=C(Nc1ccc(Cl)c(C(F)(F)F)c1)C1CC(=O)N(C2CCCCC2)C1. The molecule has 0 spiro atoms. The third-order valence-corrected chi connectivity index (χ3v) is 5.41. The third kappa shape index (κ3) is 4.14. The number of nitrogens with zero attached hydrogens (tertiary/aromatic N) is 1. The number of amides is 2. The molecule has 1 aromatic rings. The summed E-state index contributed by atoms with van der Waals surface area (Å²) < 4.78 is 38.8. The molecule has 3 rings (SSSR count). The van der Waals surface area contributed by atoms with Crippen molar-refractivity contribution in [2.24, 2.45) is 5.92 Å². The Labute approximate surface area is 154 Å². The first-order valence-corrected chi connectivity index (χ1v) is 9.10. The molecular formula is C18H20ClF3N2O2. The second kappa shape index (κ2) is 7.47. The summed E-state index contributed by atoms with van der Waals surface area (Å²) in [4.78, 5) is 26.5. The van der Waals surface area contributed by atoms with Crippen LogP contribution in [0.15, 0.2) is 18.2 Å². The van der Waals surface area contributed by atoms with Crippen molar-refractivity contribution in [1.29, 1.82) is 0 Å². The van der Waals surface area contributed by atoms with Gasteiger partial charge in [-0.25, -0.2) is 0 Å². The van der Waals surface area contributed by atoms with Crippen LogP contribution in [0.5, 0.6) is 0 Å². The second-order valence-corrected chi connectivity index (χ2v) is 7.33. The molecule has 0 radical (unpaired) electrons. The summed E-state index contributed by atoms with van der Waals surface area (Å²) in [5, 5.41) is 2.07. The molecule has 4 nitrogen and oxygen atoms in total. The third-order valence-electron chi connectivity index (χ3n) is 5.08. The Morgan fingerprint density at radius 2 is 1.88 bits per heavy atom. The largest absolute Gasteiger partial charge is 0.417 e. The van der Waals surface area contributed by atoms with Crippen LogP contribution < -0.4 is 5.32 Å². The predicted molar refractivity (Wildman–Crippen MR) is 91.8 cm³/mol. The van der Waals surface area contributed by atoms with E-state index in [2.05, 4.69) is 5.32 Å². The number of hydrogen-bond donors (Lipinski definition) is 1. The van der Waals surface area contributed by atoms with E-state index in [0.717, 1.165) is 37.8 Å². The number of likely N-dealkylation sites (tertiary alicyclic amines) is 1. The minimum Gasteiger partial charge on any atom is -0.339 e. The molecular weight excluding hydrogens is 369 g/mol. The lowest BCUT2D eigenvalue weighted by Crippen LogP contribution is -2.38. The van der Waals surface area contributed by atoms with Gasteiger partial charge in [-0.3, -0.25) is 9.59 Å². The fraction of sp³-hybridized carbons (Fsp3) is 0.556. The molecule has 0 bridgehead atoms. The molecule has 1 atom stereocenters. The molecule has 1 heterocycles. The lowest BCUT2D eigenvalue weighted by atomic mass is 9.94. The first-order valence-electron chi connectivity index (χ1n) is 8.73. The standard InChI is InChI=1S/C18H20ClF3N2O2/c19-15-7-6-12(9-14(15)18(20,21)22)23-17(26)11-8-16(25)24(10-11)13-4-2-1-3-5-13/h6-7,9,11,13H,1-5,8,10H2,(H,23,26). The number of rotatable bonds is 3. The van der Waals surface area contributed by atoms with E-state index in [4.69, 9.17) is 11.6 Å². The lowest BCUT2D eigenvalue weighted by Gasteiger charge is -2.31. The molecule has 1 saturated carbocycles. The summed E-state index contributed by atoms with van der Waals surface area (Å²) in [6.07, 6.45) is 0.729. The number of hydrogen-bond acceptors (Lipinski definition) is 2. The molecule has 1 N–H and O–H groups in total. The average Bonchev–Trinajstić information content (AvgIpc) is 2.98. The molecule has 1 aliphatic heterocycles. The van der Waals surface area contributed by atoms with Gasteiger partial charge in [0.1, 0.15) is 0 Å². The molecule has 1 unspecified atom stereocenters. The maximum absolute atomic E-state index is 12.9. The zero-order valence-corrected chi connectivity index (χ0v) is 14.9. The summed E-state index contributed by atoms with van der Waals surface area (Å²) in [6, 6.07) is 3.43. The van der Waals surface area contributed by atoms with Crippen molar-refractivity contribution in [3.8, 4) is 0 Å². The highest BCUT2D eigenvalue weighted by Gasteiger charge is 2.38. The second-order valence-electron chi connectivity index (χ2n) is 6.92. The Balaban J connectivity index is 1.66. The Morgan fingerprint density at radius 3 is 2.54 bits per heavy atom. The van der Waals surface area contributed by atoms with Crippen molar-refractivity contribution >= 4 is 29.1 Å². The van der Waals surface area contributed by atoms with Crippen molar-refractivity contribution in [2.45, 2.75) is 50.7 Å². The van der Waals surface area contributed by atoms with Gasteiger partial charge in [0.15, 0.2) is 0 Å². The molecule has 2 aliphatic rings. The van der Waals surface area contributed by atoms with Gasteiger partial charge >= 0.3 is 6.18 Å². The summed E-state index contributed by atoms with van der Waals surface area (Å²) in [7, 11) is 0. The van der Waals surface area contributed by atoms with Crippen molar-refractivity contribution in [1.82, 2.24) is 4.90 Å². The van der Waals surface area contributed by atoms with Crippen LogP contribution in [0, 0.1) is 5.92 Å². The van der Waals surface area contributed by atoms with Crippen LogP contribution in [-0.4, -0.2) is 29.3 Å². The van der Waals surface area contributed by atoms with Crippen LogP contribution in [0.2, 0.25) is 5.02 Å². The Hall–Kier alpha value is -1.76. The molecule has 2 amide bonds. The number of alkyl halides is 3. The summed E-state index contributed by atoms with van der Waals surface area (Å²) in [6.45, 7) is 0.328. The van der Waals surface area contributed by atoms with Crippen LogP contribution in [-0.2, 0) is 15.8 Å². The van der Waals surface area contributed by atoms with E-state index in [1.807, 2.05) is 0 Å². The smallest absolute Gasteiger partial charge is 0.339 e. The van der Waals surface area contributed by atoms with Gasteiger partial charge in [-0.2, -0.15) is 13.2 Å². The molecule has 1 aromatic carbocycles. The first-order chi connectivity index (χ1) is 12.3. The quantitative estimate of drug-likeness (QED) is 0.830.